The fourth-order valence-corrected chi connectivity index (χ4v) is 5.88. The summed E-state index contributed by atoms with van der Waals surface area (Å²) in [5.41, 5.74) is 4.48. The Morgan fingerprint density at radius 2 is 1.95 bits per heavy atom. The van der Waals surface area contributed by atoms with E-state index in [1.54, 1.807) is 18.2 Å². The molecule has 10 heteroatoms. The molecule has 4 heterocycles. The number of nitriles is 1. The number of esters is 1. The van der Waals surface area contributed by atoms with Gasteiger partial charge in [-0.05, 0) is 75.2 Å². The lowest BCUT2D eigenvalue weighted by Crippen LogP contribution is -2.35. The maximum Gasteiger partial charge on any atom is 0.310 e. The summed E-state index contributed by atoms with van der Waals surface area (Å²) < 4.78 is 33.3. The Bertz CT molecular complexity index is 1670. The van der Waals surface area contributed by atoms with E-state index in [0.717, 1.165) is 80.2 Å². The van der Waals surface area contributed by atoms with Gasteiger partial charge in [-0.3, -0.25) is 9.69 Å². The van der Waals surface area contributed by atoms with Gasteiger partial charge < -0.3 is 18.8 Å². The number of fused-ring (bicyclic) bond motifs is 1. The molecule has 6 rings (SSSR count). The fourth-order valence-electron chi connectivity index (χ4n) is 5.88. The maximum absolute atomic E-state index is 14.3. The summed E-state index contributed by atoms with van der Waals surface area (Å²) in [4.78, 5) is 24.2. The van der Waals surface area contributed by atoms with Crippen LogP contribution in [0.1, 0.15) is 60.3 Å². The van der Waals surface area contributed by atoms with Gasteiger partial charge in [0.1, 0.15) is 18.2 Å². The Morgan fingerprint density at radius 1 is 1.11 bits per heavy atom. The molecule has 0 bridgehead atoms. The monoisotopic (exact) mass is 597 g/mol. The van der Waals surface area contributed by atoms with E-state index in [2.05, 4.69) is 15.5 Å². The SMILES string of the molecule is CCOC(=O)Cc1ccc2c(c1)nc(CN1CCC(c3cccc(OCc4ccc(C#N)cc4F)n3)CC1)n2C[C@@H]1CCO1. The first kappa shape index (κ1) is 29.7. The number of carbonyl (C=O) groups excluding carboxylic acids is 1. The van der Waals surface area contributed by atoms with Gasteiger partial charge in [0.25, 0.3) is 0 Å². The van der Waals surface area contributed by atoms with Crippen LogP contribution in [0.15, 0.2) is 54.6 Å². The van der Waals surface area contributed by atoms with Crippen molar-refractivity contribution in [1.29, 1.82) is 5.26 Å². The molecule has 2 fully saturated rings. The third kappa shape index (κ3) is 6.90. The van der Waals surface area contributed by atoms with Crippen LogP contribution in [0.25, 0.3) is 11.0 Å². The highest BCUT2D eigenvalue weighted by Gasteiger charge is 2.26. The molecule has 2 aliphatic heterocycles. The van der Waals surface area contributed by atoms with Crippen LogP contribution in [-0.4, -0.2) is 57.8 Å². The van der Waals surface area contributed by atoms with Crippen molar-refractivity contribution in [2.45, 2.75) is 64.3 Å². The molecule has 0 N–H and O–H groups in total. The lowest BCUT2D eigenvalue weighted by atomic mass is 9.93. The second-order valence-electron chi connectivity index (χ2n) is 11.4. The highest BCUT2D eigenvalue weighted by Crippen LogP contribution is 2.30. The van der Waals surface area contributed by atoms with Crippen molar-refractivity contribution in [3.8, 4) is 11.9 Å². The number of benzene rings is 2. The van der Waals surface area contributed by atoms with E-state index < -0.39 is 5.82 Å². The first-order chi connectivity index (χ1) is 21.5. The molecule has 0 aliphatic carbocycles. The molecule has 0 radical (unpaired) electrons. The van der Waals surface area contributed by atoms with Crippen molar-refractivity contribution >= 4 is 17.0 Å². The Labute approximate surface area is 256 Å². The van der Waals surface area contributed by atoms with Crippen molar-refractivity contribution in [2.24, 2.45) is 0 Å². The first-order valence-corrected chi connectivity index (χ1v) is 15.2. The minimum Gasteiger partial charge on any atom is -0.473 e. The van der Waals surface area contributed by atoms with Crippen LogP contribution in [0.5, 0.6) is 5.88 Å². The van der Waals surface area contributed by atoms with Crippen LogP contribution in [-0.2, 0) is 40.4 Å². The van der Waals surface area contributed by atoms with Crippen LogP contribution in [0.4, 0.5) is 4.39 Å². The first-order valence-electron chi connectivity index (χ1n) is 15.2. The van der Waals surface area contributed by atoms with E-state index >= 15 is 0 Å². The van der Waals surface area contributed by atoms with E-state index in [0.29, 0.717) is 24.0 Å². The number of nitrogens with zero attached hydrogens (tertiary/aromatic N) is 5. The van der Waals surface area contributed by atoms with Gasteiger partial charge in [-0.15, -0.1) is 0 Å². The lowest BCUT2D eigenvalue weighted by molar-refractivity contribution is -0.142. The highest BCUT2D eigenvalue weighted by atomic mass is 19.1. The van der Waals surface area contributed by atoms with Crippen molar-refractivity contribution in [1.82, 2.24) is 19.4 Å². The molecule has 2 aliphatic rings. The maximum atomic E-state index is 14.3. The van der Waals surface area contributed by atoms with Gasteiger partial charge >= 0.3 is 5.97 Å². The minimum atomic E-state index is -0.460. The molecule has 0 unspecified atom stereocenters. The number of ether oxygens (including phenoxy) is 3. The van der Waals surface area contributed by atoms with E-state index in [9.17, 15) is 9.18 Å². The van der Waals surface area contributed by atoms with Gasteiger partial charge in [-0.2, -0.15) is 5.26 Å². The van der Waals surface area contributed by atoms with Crippen molar-refractivity contribution in [2.75, 3.05) is 26.3 Å². The topological polar surface area (TPSA) is 102 Å². The zero-order valence-corrected chi connectivity index (χ0v) is 24.9. The molecule has 0 saturated carbocycles. The van der Waals surface area contributed by atoms with Gasteiger partial charge in [0.2, 0.25) is 5.88 Å². The van der Waals surface area contributed by atoms with Gasteiger partial charge in [-0.1, -0.05) is 18.2 Å². The predicted molar refractivity (Wildman–Crippen MR) is 161 cm³/mol. The number of carbonyl (C=O) groups is 1. The molecule has 44 heavy (non-hydrogen) atoms. The van der Waals surface area contributed by atoms with Crippen molar-refractivity contribution in [3.05, 3.63) is 88.6 Å². The molecule has 4 aromatic rings. The molecule has 9 nitrogen and oxygen atoms in total. The van der Waals surface area contributed by atoms with Gasteiger partial charge in [0.05, 0.1) is 54.9 Å². The molecule has 1 atom stereocenters. The average molecular weight is 598 g/mol. The molecule has 0 spiro atoms. The van der Waals surface area contributed by atoms with E-state index in [-0.39, 0.29) is 30.7 Å². The van der Waals surface area contributed by atoms with Gasteiger partial charge in [-0.25, -0.2) is 14.4 Å². The third-order valence-electron chi connectivity index (χ3n) is 8.40. The summed E-state index contributed by atoms with van der Waals surface area (Å²) in [6.45, 7) is 6.34. The molecular formula is C34H36FN5O4. The summed E-state index contributed by atoms with van der Waals surface area (Å²) >= 11 is 0. The molecule has 2 saturated heterocycles. The number of halogens is 1. The largest absolute Gasteiger partial charge is 0.473 e. The van der Waals surface area contributed by atoms with Gasteiger partial charge in [0, 0.05) is 29.8 Å². The lowest BCUT2D eigenvalue weighted by Gasteiger charge is -2.32. The fraction of sp³-hybridized carbons (Fsp3) is 0.412. The standard InChI is InChI=1S/C34H36FN5O4/c1-2-42-34(41)18-23-7-9-31-30(17-23)37-32(40(31)20-27-12-15-43-27)21-39-13-10-25(11-14-39)29-4-3-5-33(38-29)44-22-26-8-6-24(19-36)16-28(26)35/h3-9,16-17,25,27H,2,10-15,18,20-22H2,1H3/t27-/m0/s1. The van der Waals surface area contributed by atoms with Gasteiger partial charge in [0.15, 0.2) is 0 Å². The Morgan fingerprint density at radius 3 is 2.68 bits per heavy atom. The van der Waals surface area contributed by atoms with Crippen LogP contribution in [0.3, 0.4) is 0 Å². The zero-order valence-electron chi connectivity index (χ0n) is 24.9. The third-order valence-corrected chi connectivity index (χ3v) is 8.40. The molecular weight excluding hydrogens is 561 g/mol. The Balaban J connectivity index is 1.09. The summed E-state index contributed by atoms with van der Waals surface area (Å²) in [5, 5.41) is 8.95. The summed E-state index contributed by atoms with van der Waals surface area (Å²) in [6.07, 6.45) is 3.39. The molecule has 0 amide bonds. The quantitative estimate of drug-likeness (QED) is 0.215. The number of pyridine rings is 1. The number of likely N-dealkylation sites (tertiary alicyclic amines) is 1. The van der Waals surface area contributed by atoms with Crippen LogP contribution < -0.4 is 4.74 Å². The van der Waals surface area contributed by atoms with Crippen LogP contribution in [0, 0.1) is 17.1 Å². The van der Waals surface area contributed by atoms with Crippen molar-refractivity contribution in [3.63, 3.8) is 0 Å². The van der Waals surface area contributed by atoms with Crippen LogP contribution >= 0.6 is 0 Å². The number of rotatable bonds is 11. The summed E-state index contributed by atoms with van der Waals surface area (Å²) in [6, 6.07) is 18.1. The normalized spacial score (nSPS) is 17.2. The smallest absolute Gasteiger partial charge is 0.310 e. The number of imidazole rings is 1. The number of aromatic nitrogens is 3. The minimum absolute atomic E-state index is 0.0453. The Hall–Kier alpha value is -4.33. The average Bonchev–Trinajstić information content (AvgIpc) is 3.34. The summed E-state index contributed by atoms with van der Waals surface area (Å²) in [7, 11) is 0. The number of hydrogen-bond acceptors (Lipinski definition) is 8. The Kier molecular flexibility index (Phi) is 9.15. The molecule has 2 aromatic heterocycles. The molecule has 228 valence electrons. The summed E-state index contributed by atoms with van der Waals surface area (Å²) in [5.74, 6) is 1.07. The van der Waals surface area contributed by atoms with E-state index in [1.165, 1.54) is 6.07 Å². The second-order valence-corrected chi connectivity index (χ2v) is 11.4. The van der Waals surface area contributed by atoms with Crippen LogP contribution in [0.2, 0.25) is 0 Å². The van der Waals surface area contributed by atoms with E-state index in [4.69, 9.17) is 29.4 Å². The van der Waals surface area contributed by atoms with Crippen molar-refractivity contribution < 1.29 is 23.4 Å². The zero-order chi connectivity index (χ0) is 30.5. The second kappa shape index (κ2) is 13.5. The van der Waals surface area contributed by atoms with E-state index in [1.807, 2.05) is 37.3 Å². The molecule has 2 aromatic carbocycles. The highest BCUT2D eigenvalue weighted by molar-refractivity contribution is 5.79. The number of piperidine rings is 1. The predicted octanol–water partition coefficient (Wildman–Crippen LogP) is 5.30. The number of hydrogen-bond donors (Lipinski definition) is 0.